The Bertz CT molecular complexity index is 331. The number of allylic oxidation sites excluding steroid dienone is 2. The van der Waals surface area contributed by atoms with E-state index >= 15 is 0 Å². The lowest BCUT2D eigenvalue weighted by Gasteiger charge is -2.22. The third kappa shape index (κ3) is 1.52. The number of hydrogen-bond acceptors (Lipinski definition) is 2. The van der Waals surface area contributed by atoms with Gasteiger partial charge in [-0.25, -0.2) is 4.98 Å². The predicted molar refractivity (Wildman–Crippen MR) is 59.2 cm³/mol. The summed E-state index contributed by atoms with van der Waals surface area (Å²) in [6.07, 6.45) is 5.11. The number of aromatic nitrogens is 1. The van der Waals surface area contributed by atoms with Crippen LogP contribution in [-0.2, 0) is 6.42 Å². The summed E-state index contributed by atoms with van der Waals surface area (Å²) >= 11 is 0. The average Bonchev–Trinajstić information content (AvgIpc) is 2.27. The molecule has 14 heavy (non-hydrogen) atoms. The second-order valence-corrected chi connectivity index (χ2v) is 3.60. The molecule has 0 bridgehead atoms. The first-order valence-electron chi connectivity index (χ1n) is 5.27. The molecule has 1 N–H and O–H groups in total. The van der Waals surface area contributed by atoms with Crippen LogP contribution < -0.4 is 5.32 Å². The molecular formula is C12H16N2. The van der Waals surface area contributed by atoms with E-state index < -0.39 is 0 Å². The van der Waals surface area contributed by atoms with Crippen molar-refractivity contribution in [1.82, 2.24) is 4.98 Å². The van der Waals surface area contributed by atoms with Crippen LogP contribution in [0.4, 0.5) is 5.82 Å². The Kier molecular flexibility index (Phi) is 2.53. The molecule has 74 valence electrons. The zero-order valence-electron chi connectivity index (χ0n) is 8.80. The molecule has 1 aromatic heterocycles. The van der Waals surface area contributed by atoms with Crippen LogP contribution >= 0.6 is 0 Å². The van der Waals surface area contributed by atoms with Crippen LogP contribution in [0.2, 0.25) is 0 Å². The van der Waals surface area contributed by atoms with Gasteiger partial charge in [0.2, 0.25) is 0 Å². The lowest BCUT2D eigenvalue weighted by atomic mass is 9.97. The van der Waals surface area contributed by atoms with E-state index in [1.807, 2.05) is 12.3 Å². The molecule has 1 aromatic rings. The highest BCUT2D eigenvalue weighted by Crippen LogP contribution is 2.28. The molecule has 2 nitrogen and oxygen atoms in total. The molecular weight excluding hydrogens is 172 g/mol. The van der Waals surface area contributed by atoms with Crippen molar-refractivity contribution in [2.45, 2.75) is 33.1 Å². The minimum atomic E-state index is 1.04. The Morgan fingerprint density at radius 1 is 1.36 bits per heavy atom. The predicted octanol–water partition coefficient (Wildman–Crippen LogP) is 3.12. The Morgan fingerprint density at radius 3 is 2.93 bits per heavy atom. The Hall–Kier alpha value is -1.31. The van der Waals surface area contributed by atoms with Crippen LogP contribution in [0, 0.1) is 0 Å². The maximum absolute atomic E-state index is 4.34. The normalized spacial score (nSPS) is 15.0. The standard InChI is InChI=1S/C12H16N2/c1-3-9-8-10-6-5-7-13-12(10)14-11(9)4-2/h5-7H,3-4,8H2,1-2H3,(H,13,14). The van der Waals surface area contributed by atoms with Gasteiger partial charge in [-0.3, -0.25) is 0 Å². The van der Waals surface area contributed by atoms with Gasteiger partial charge in [-0.05, 0) is 36.5 Å². The fraction of sp³-hybridized carbons (Fsp3) is 0.417. The third-order valence-corrected chi connectivity index (χ3v) is 2.77. The largest absolute Gasteiger partial charge is 0.344 e. The average molecular weight is 188 g/mol. The number of hydrogen-bond donors (Lipinski definition) is 1. The van der Waals surface area contributed by atoms with Gasteiger partial charge in [0, 0.05) is 11.9 Å². The van der Waals surface area contributed by atoms with Gasteiger partial charge in [-0.1, -0.05) is 19.9 Å². The summed E-state index contributed by atoms with van der Waals surface area (Å²) in [5.41, 5.74) is 4.20. The van der Waals surface area contributed by atoms with Gasteiger partial charge in [0.1, 0.15) is 5.82 Å². The lowest BCUT2D eigenvalue weighted by molar-refractivity contribution is 0.900. The summed E-state index contributed by atoms with van der Waals surface area (Å²) in [5, 5.41) is 3.42. The molecule has 0 unspecified atom stereocenters. The molecule has 0 saturated heterocycles. The first-order valence-corrected chi connectivity index (χ1v) is 5.27. The summed E-state index contributed by atoms with van der Waals surface area (Å²) in [4.78, 5) is 4.34. The highest BCUT2D eigenvalue weighted by atomic mass is 15.0. The summed E-state index contributed by atoms with van der Waals surface area (Å²) in [6, 6.07) is 4.15. The van der Waals surface area contributed by atoms with Crippen LogP contribution in [-0.4, -0.2) is 4.98 Å². The van der Waals surface area contributed by atoms with Crippen molar-refractivity contribution in [3.8, 4) is 0 Å². The minimum Gasteiger partial charge on any atom is -0.344 e. The number of anilines is 1. The van der Waals surface area contributed by atoms with Crippen LogP contribution in [0.1, 0.15) is 32.3 Å². The molecule has 0 spiro atoms. The molecule has 0 radical (unpaired) electrons. The van der Waals surface area contributed by atoms with Crippen molar-refractivity contribution in [2.24, 2.45) is 0 Å². The summed E-state index contributed by atoms with van der Waals surface area (Å²) in [7, 11) is 0. The Labute approximate surface area is 85.1 Å². The van der Waals surface area contributed by atoms with Gasteiger partial charge in [-0.15, -0.1) is 0 Å². The zero-order chi connectivity index (χ0) is 9.97. The smallest absolute Gasteiger partial charge is 0.133 e. The van der Waals surface area contributed by atoms with Crippen molar-refractivity contribution in [2.75, 3.05) is 5.32 Å². The minimum absolute atomic E-state index is 1.04. The van der Waals surface area contributed by atoms with Gasteiger partial charge in [0.25, 0.3) is 0 Å². The molecule has 1 aliphatic heterocycles. The maximum Gasteiger partial charge on any atom is 0.133 e. The first kappa shape index (κ1) is 9.25. The van der Waals surface area contributed by atoms with Crippen LogP contribution in [0.5, 0.6) is 0 Å². The van der Waals surface area contributed by atoms with E-state index in [1.165, 1.54) is 16.8 Å². The van der Waals surface area contributed by atoms with Crippen LogP contribution in [0.15, 0.2) is 29.6 Å². The zero-order valence-corrected chi connectivity index (χ0v) is 8.80. The number of nitrogens with one attached hydrogen (secondary N) is 1. The molecule has 0 aliphatic carbocycles. The van der Waals surface area contributed by atoms with Crippen molar-refractivity contribution in [3.63, 3.8) is 0 Å². The Morgan fingerprint density at radius 2 is 2.21 bits per heavy atom. The molecule has 0 aromatic carbocycles. The molecule has 0 atom stereocenters. The summed E-state index contributed by atoms with van der Waals surface area (Å²) < 4.78 is 0. The number of nitrogens with zero attached hydrogens (tertiary/aromatic N) is 1. The van der Waals surface area contributed by atoms with Gasteiger partial charge in [-0.2, -0.15) is 0 Å². The third-order valence-electron chi connectivity index (χ3n) is 2.77. The monoisotopic (exact) mass is 188 g/mol. The molecule has 1 aliphatic rings. The second kappa shape index (κ2) is 3.82. The van der Waals surface area contributed by atoms with E-state index in [9.17, 15) is 0 Å². The highest BCUT2D eigenvalue weighted by Gasteiger charge is 2.15. The molecule has 0 fully saturated rings. The SMILES string of the molecule is CCC1=C(CC)Nc2ncccc2C1. The van der Waals surface area contributed by atoms with E-state index in [4.69, 9.17) is 0 Å². The highest BCUT2D eigenvalue weighted by molar-refractivity contribution is 5.54. The van der Waals surface area contributed by atoms with Crippen LogP contribution in [0.3, 0.4) is 0 Å². The number of pyridine rings is 1. The van der Waals surface area contributed by atoms with Crippen molar-refractivity contribution >= 4 is 5.82 Å². The molecule has 0 saturated carbocycles. The fourth-order valence-electron chi connectivity index (χ4n) is 1.94. The lowest BCUT2D eigenvalue weighted by Crippen LogP contribution is -2.13. The quantitative estimate of drug-likeness (QED) is 0.771. The van der Waals surface area contributed by atoms with Gasteiger partial charge in [0.05, 0.1) is 0 Å². The van der Waals surface area contributed by atoms with E-state index in [2.05, 4.69) is 30.2 Å². The van der Waals surface area contributed by atoms with E-state index in [1.54, 1.807) is 0 Å². The molecule has 2 rings (SSSR count). The van der Waals surface area contributed by atoms with E-state index in [0.717, 1.165) is 25.1 Å². The van der Waals surface area contributed by atoms with E-state index in [0.29, 0.717) is 0 Å². The van der Waals surface area contributed by atoms with E-state index in [-0.39, 0.29) is 0 Å². The van der Waals surface area contributed by atoms with Crippen LogP contribution in [0.25, 0.3) is 0 Å². The van der Waals surface area contributed by atoms with Gasteiger partial charge in [0.15, 0.2) is 0 Å². The van der Waals surface area contributed by atoms with Gasteiger partial charge < -0.3 is 5.32 Å². The molecule has 2 heterocycles. The summed E-state index contributed by atoms with van der Waals surface area (Å²) in [6.45, 7) is 4.40. The van der Waals surface area contributed by atoms with Crippen molar-refractivity contribution in [3.05, 3.63) is 35.2 Å². The second-order valence-electron chi connectivity index (χ2n) is 3.60. The molecule has 2 heteroatoms. The maximum atomic E-state index is 4.34. The number of rotatable bonds is 2. The molecule has 0 amide bonds. The number of fused-ring (bicyclic) bond motifs is 1. The van der Waals surface area contributed by atoms with Crippen molar-refractivity contribution in [1.29, 1.82) is 0 Å². The topological polar surface area (TPSA) is 24.9 Å². The van der Waals surface area contributed by atoms with Gasteiger partial charge >= 0.3 is 0 Å². The first-order chi connectivity index (χ1) is 6.85. The Balaban J connectivity index is 2.35. The van der Waals surface area contributed by atoms with Crippen molar-refractivity contribution < 1.29 is 0 Å². The fourth-order valence-corrected chi connectivity index (χ4v) is 1.94. The summed E-state index contributed by atoms with van der Waals surface area (Å²) in [5.74, 6) is 1.04.